The maximum Gasteiger partial charge on any atom is 0.0445 e. The van der Waals surface area contributed by atoms with Crippen molar-refractivity contribution in [1.29, 1.82) is 0 Å². The van der Waals surface area contributed by atoms with Gasteiger partial charge in [0.15, 0.2) is 0 Å². The molecule has 0 bridgehead atoms. The van der Waals surface area contributed by atoms with Crippen LogP contribution in [-0.4, -0.2) is 17.8 Å². The second kappa shape index (κ2) is 5.43. The molecule has 3 heteroatoms. The summed E-state index contributed by atoms with van der Waals surface area (Å²) < 4.78 is 1.34. The van der Waals surface area contributed by atoms with Crippen LogP contribution in [0.3, 0.4) is 0 Å². The lowest BCUT2D eigenvalue weighted by atomic mass is 10.2. The second-order valence-electron chi connectivity index (χ2n) is 4.04. The summed E-state index contributed by atoms with van der Waals surface area (Å²) in [7, 11) is 0. The summed E-state index contributed by atoms with van der Waals surface area (Å²) in [5, 5.41) is 13.5. The van der Waals surface area contributed by atoms with Gasteiger partial charge in [0.1, 0.15) is 0 Å². The molecular formula is C13H17NOS. The Kier molecular flexibility index (Phi) is 3.93. The number of thiophene rings is 1. The van der Waals surface area contributed by atoms with Crippen LogP contribution in [0.15, 0.2) is 30.3 Å². The van der Waals surface area contributed by atoms with E-state index in [0.717, 1.165) is 13.0 Å². The van der Waals surface area contributed by atoms with Crippen molar-refractivity contribution in [3.8, 4) is 0 Å². The fraction of sp³-hybridized carbons (Fsp3) is 0.385. The Morgan fingerprint density at radius 3 is 2.94 bits per heavy atom. The number of aliphatic hydroxyl groups excluding tert-OH is 1. The van der Waals surface area contributed by atoms with Gasteiger partial charge in [-0.25, -0.2) is 0 Å². The summed E-state index contributed by atoms with van der Waals surface area (Å²) in [6.07, 6.45) is 0.810. The highest BCUT2D eigenvalue weighted by Crippen LogP contribution is 2.25. The Morgan fingerprint density at radius 1 is 1.38 bits per heavy atom. The van der Waals surface area contributed by atoms with Crippen LogP contribution >= 0.6 is 11.3 Å². The molecule has 16 heavy (non-hydrogen) atoms. The lowest BCUT2D eigenvalue weighted by Crippen LogP contribution is -2.25. The van der Waals surface area contributed by atoms with E-state index in [1.165, 1.54) is 15.0 Å². The van der Waals surface area contributed by atoms with Crippen LogP contribution in [0, 0.1) is 0 Å². The van der Waals surface area contributed by atoms with E-state index in [1.54, 1.807) is 0 Å². The van der Waals surface area contributed by atoms with E-state index in [4.69, 9.17) is 5.11 Å². The topological polar surface area (TPSA) is 32.3 Å². The molecule has 2 aromatic rings. The monoisotopic (exact) mass is 235 g/mol. The van der Waals surface area contributed by atoms with Crippen LogP contribution in [0.2, 0.25) is 0 Å². The highest BCUT2D eigenvalue weighted by atomic mass is 32.1. The van der Waals surface area contributed by atoms with Gasteiger partial charge in [0.25, 0.3) is 0 Å². The maximum absolute atomic E-state index is 8.81. The van der Waals surface area contributed by atoms with Crippen LogP contribution in [0.25, 0.3) is 10.1 Å². The van der Waals surface area contributed by atoms with Crippen molar-refractivity contribution in [3.63, 3.8) is 0 Å². The standard InChI is InChI=1S/C13H17NOS/c1-10(6-7-15)14-9-12-8-11-4-2-3-5-13(11)16-12/h2-5,8,10,14-15H,6-7,9H2,1H3/t10-/m1/s1. The van der Waals surface area contributed by atoms with Crippen LogP contribution in [-0.2, 0) is 6.54 Å². The number of hydrogen-bond donors (Lipinski definition) is 2. The smallest absolute Gasteiger partial charge is 0.0445 e. The Morgan fingerprint density at radius 2 is 2.19 bits per heavy atom. The molecular weight excluding hydrogens is 218 g/mol. The van der Waals surface area contributed by atoms with Gasteiger partial charge in [-0.2, -0.15) is 0 Å². The summed E-state index contributed by atoms with van der Waals surface area (Å²) in [5.74, 6) is 0. The van der Waals surface area contributed by atoms with Gasteiger partial charge in [0.2, 0.25) is 0 Å². The molecule has 0 fully saturated rings. The molecule has 2 N–H and O–H groups in total. The number of fused-ring (bicyclic) bond motifs is 1. The molecule has 0 unspecified atom stereocenters. The number of nitrogens with one attached hydrogen (secondary N) is 1. The molecule has 2 rings (SSSR count). The second-order valence-corrected chi connectivity index (χ2v) is 5.21. The van der Waals surface area contributed by atoms with E-state index in [1.807, 2.05) is 11.3 Å². The molecule has 0 spiro atoms. The predicted octanol–water partition coefficient (Wildman–Crippen LogP) is 2.76. The molecule has 0 aliphatic carbocycles. The van der Waals surface area contributed by atoms with E-state index in [9.17, 15) is 0 Å². The van der Waals surface area contributed by atoms with Crippen molar-refractivity contribution >= 4 is 21.4 Å². The van der Waals surface area contributed by atoms with E-state index in [-0.39, 0.29) is 6.61 Å². The molecule has 0 radical (unpaired) electrons. The SMILES string of the molecule is C[C@H](CCO)NCc1cc2ccccc2s1. The predicted molar refractivity (Wildman–Crippen MR) is 69.8 cm³/mol. The first kappa shape index (κ1) is 11.6. The Labute approximate surface area is 99.9 Å². The average molecular weight is 235 g/mol. The van der Waals surface area contributed by atoms with E-state index in [2.05, 4.69) is 42.6 Å². The molecule has 0 saturated carbocycles. The number of benzene rings is 1. The molecule has 1 aromatic heterocycles. The van der Waals surface area contributed by atoms with E-state index in [0.29, 0.717) is 6.04 Å². The number of aliphatic hydroxyl groups is 1. The van der Waals surface area contributed by atoms with Crippen LogP contribution in [0.5, 0.6) is 0 Å². The largest absolute Gasteiger partial charge is 0.396 e. The Hall–Kier alpha value is -0.900. The third-order valence-corrected chi connectivity index (χ3v) is 3.78. The first-order chi connectivity index (χ1) is 7.79. The fourth-order valence-electron chi connectivity index (χ4n) is 1.69. The highest BCUT2D eigenvalue weighted by molar-refractivity contribution is 7.19. The van der Waals surface area contributed by atoms with Gasteiger partial charge in [-0.3, -0.25) is 0 Å². The molecule has 1 aromatic carbocycles. The lowest BCUT2D eigenvalue weighted by Gasteiger charge is -2.10. The van der Waals surface area contributed by atoms with Gasteiger partial charge in [-0.1, -0.05) is 18.2 Å². The molecule has 2 nitrogen and oxygen atoms in total. The maximum atomic E-state index is 8.81. The summed E-state index contributed by atoms with van der Waals surface area (Å²) in [5.41, 5.74) is 0. The van der Waals surface area contributed by atoms with Crippen molar-refractivity contribution in [3.05, 3.63) is 35.2 Å². The molecule has 1 atom stereocenters. The molecule has 1 heterocycles. The summed E-state index contributed by atoms with van der Waals surface area (Å²) >= 11 is 1.83. The van der Waals surface area contributed by atoms with Gasteiger partial charge in [0, 0.05) is 28.8 Å². The summed E-state index contributed by atoms with van der Waals surface area (Å²) in [4.78, 5) is 1.35. The minimum absolute atomic E-state index is 0.251. The van der Waals surface area contributed by atoms with Gasteiger partial charge in [0.05, 0.1) is 0 Å². The molecule has 0 saturated heterocycles. The first-order valence-electron chi connectivity index (χ1n) is 5.61. The van der Waals surface area contributed by atoms with Crippen molar-refractivity contribution < 1.29 is 5.11 Å². The third kappa shape index (κ3) is 2.82. The van der Waals surface area contributed by atoms with Crippen molar-refractivity contribution in [2.45, 2.75) is 25.9 Å². The lowest BCUT2D eigenvalue weighted by molar-refractivity contribution is 0.269. The molecule has 0 amide bonds. The minimum Gasteiger partial charge on any atom is -0.396 e. The van der Waals surface area contributed by atoms with Gasteiger partial charge >= 0.3 is 0 Å². The third-order valence-electron chi connectivity index (χ3n) is 2.66. The zero-order valence-corrected chi connectivity index (χ0v) is 10.3. The quantitative estimate of drug-likeness (QED) is 0.835. The van der Waals surface area contributed by atoms with Crippen LogP contribution in [0.1, 0.15) is 18.2 Å². The zero-order valence-electron chi connectivity index (χ0n) is 9.44. The van der Waals surface area contributed by atoms with Gasteiger partial charge < -0.3 is 10.4 Å². The Balaban J connectivity index is 1.99. The number of hydrogen-bond acceptors (Lipinski definition) is 3. The highest BCUT2D eigenvalue weighted by Gasteiger charge is 2.03. The van der Waals surface area contributed by atoms with Gasteiger partial charge in [-0.05, 0) is 30.9 Å². The number of rotatable bonds is 5. The van der Waals surface area contributed by atoms with E-state index < -0.39 is 0 Å². The average Bonchev–Trinajstić information content (AvgIpc) is 2.69. The normalized spacial score (nSPS) is 13.1. The van der Waals surface area contributed by atoms with Crippen molar-refractivity contribution in [2.75, 3.05) is 6.61 Å². The minimum atomic E-state index is 0.251. The van der Waals surface area contributed by atoms with Gasteiger partial charge in [-0.15, -0.1) is 11.3 Å². The molecule has 0 aliphatic rings. The Bertz CT molecular complexity index is 419. The van der Waals surface area contributed by atoms with Crippen molar-refractivity contribution in [1.82, 2.24) is 5.32 Å². The van der Waals surface area contributed by atoms with Crippen LogP contribution in [0.4, 0.5) is 0 Å². The molecule has 86 valence electrons. The van der Waals surface area contributed by atoms with Crippen molar-refractivity contribution in [2.24, 2.45) is 0 Å². The van der Waals surface area contributed by atoms with E-state index >= 15 is 0 Å². The zero-order chi connectivity index (χ0) is 11.4. The fourth-order valence-corrected chi connectivity index (χ4v) is 2.71. The van der Waals surface area contributed by atoms with Crippen LogP contribution < -0.4 is 5.32 Å². The first-order valence-corrected chi connectivity index (χ1v) is 6.43. The summed E-state index contributed by atoms with van der Waals surface area (Å²) in [6, 6.07) is 11.0. The molecule has 0 aliphatic heterocycles. The summed E-state index contributed by atoms with van der Waals surface area (Å²) in [6.45, 7) is 3.24.